The molecule has 0 bridgehead atoms. The summed E-state index contributed by atoms with van der Waals surface area (Å²) in [5.74, 6) is -0.869. The van der Waals surface area contributed by atoms with E-state index < -0.39 is 5.82 Å². The lowest BCUT2D eigenvalue weighted by Gasteiger charge is -2.38. The number of pyridine rings is 1. The van der Waals surface area contributed by atoms with Crippen LogP contribution in [0.25, 0.3) is 16.7 Å². The number of amides is 1. The van der Waals surface area contributed by atoms with Gasteiger partial charge in [0.25, 0.3) is 5.91 Å². The number of halogens is 1. The average molecular weight is 462 g/mol. The van der Waals surface area contributed by atoms with Crippen molar-refractivity contribution in [2.75, 3.05) is 23.3 Å². The number of aromatic nitrogens is 4. The van der Waals surface area contributed by atoms with Crippen LogP contribution in [0.5, 0.6) is 0 Å². The topological polar surface area (TPSA) is 87.5 Å². The summed E-state index contributed by atoms with van der Waals surface area (Å²) in [4.78, 5) is 29.4. The van der Waals surface area contributed by atoms with Crippen molar-refractivity contribution in [1.82, 2.24) is 24.7 Å². The van der Waals surface area contributed by atoms with Crippen LogP contribution in [0.15, 0.2) is 30.6 Å². The smallest absolute Gasteiger partial charge is 0.257 e. The van der Waals surface area contributed by atoms with Crippen molar-refractivity contribution in [3.8, 4) is 0 Å². The van der Waals surface area contributed by atoms with E-state index in [0.29, 0.717) is 40.1 Å². The fourth-order valence-corrected chi connectivity index (χ4v) is 4.70. The summed E-state index contributed by atoms with van der Waals surface area (Å²) in [7, 11) is 0. The van der Waals surface area contributed by atoms with Crippen molar-refractivity contribution >= 4 is 34.0 Å². The summed E-state index contributed by atoms with van der Waals surface area (Å²) in [6.07, 6.45) is 3.36. The molecule has 0 spiro atoms. The van der Waals surface area contributed by atoms with Gasteiger partial charge in [-0.05, 0) is 46.8 Å². The molecule has 2 N–H and O–H groups in total. The van der Waals surface area contributed by atoms with Crippen LogP contribution in [0.3, 0.4) is 0 Å². The molecule has 34 heavy (non-hydrogen) atoms. The highest BCUT2D eigenvalue weighted by Gasteiger charge is 2.25. The summed E-state index contributed by atoms with van der Waals surface area (Å²) in [6, 6.07) is 5.66. The molecule has 0 saturated carbocycles. The maximum Gasteiger partial charge on any atom is 0.257 e. The van der Waals surface area contributed by atoms with Gasteiger partial charge in [0.1, 0.15) is 11.0 Å². The number of fused-ring (bicyclic) bond motifs is 2. The van der Waals surface area contributed by atoms with Crippen molar-refractivity contribution in [3.63, 3.8) is 0 Å². The third-order valence-corrected chi connectivity index (χ3v) is 6.24. The predicted octanol–water partition coefficient (Wildman–Crippen LogP) is 3.78. The Hall–Kier alpha value is -3.59. The molecule has 4 heterocycles. The zero-order chi connectivity index (χ0) is 24.1. The van der Waals surface area contributed by atoms with Gasteiger partial charge in [-0.1, -0.05) is 0 Å². The molecule has 0 radical (unpaired) electrons. The van der Waals surface area contributed by atoms with Gasteiger partial charge in [-0.2, -0.15) is 0 Å². The number of carbonyl (C=O) groups excluding carboxylic acids is 1. The first-order valence-electron chi connectivity index (χ1n) is 11.4. The Kier molecular flexibility index (Phi) is 5.44. The van der Waals surface area contributed by atoms with Crippen LogP contribution in [0, 0.1) is 26.6 Å². The van der Waals surface area contributed by atoms with Gasteiger partial charge in [-0.25, -0.2) is 19.3 Å². The van der Waals surface area contributed by atoms with Gasteiger partial charge in [-0.3, -0.25) is 4.79 Å². The van der Waals surface area contributed by atoms with Crippen LogP contribution in [-0.4, -0.2) is 50.4 Å². The van der Waals surface area contributed by atoms with E-state index in [9.17, 15) is 9.18 Å². The number of benzene rings is 1. The molecule has 1 aliphatic heterocycles. The Labute approximate surface area is 197 Å². The standard InChI is InChI=1S/C25H28FN7O/c1-13-9-32(10-14(2)27-13)21-7-6-19(22-23(21)30-17(5)16(4)29-22)25(34)31-18-8-20(26)24-28-15(3)11-33(24)12-18/h6-8,11-14,27H,9-10H2,1-5H3,(H,31,34)/t13-,14+. The molecular weight excluding hydrogens is 433 g/mol. The molecule has 176 valence electrons. The first kappa shape index (κ1) is 22.2. The number of nitrogens with one attached hydrogen (secondary N) is 2. The quantitative estimate of drug-likeness (QED) is 0.483. The number of nitrogens with zero attached hydrogens (tertiary/aromatic N) is 5. The van der Waals surface area contributed by atoms with E-state index in [1.807, 2.05) is 19.9 Å². The molecule has 1 saturated heterocycles. The summed E-state index contributed by atoms with van der Waals surface area (Å²) < 4.78 is 16.1. The number of imidazole rings is 1. The van der Waals surface area contributed by atoms with E-state index in [4.69, 9.17) is 9.97 Å². The third kappa shape index (κ3) is 3.96. The fraction of sp³-hybridized carbons (Fsp3) is 0.360. The Morgan fingerprint density at radius 3 is 2.41 bits per heavy atom. The number of anilines is 2. The number of hydrogen-bond acceptors (Lipinski definition) is 6. The Bertz CT molecular complexity index is 1420. The zero-order valence-corrected chi connectivity index (χ0v) is 20.0. The van der Waals surface area contributed by atoms with E-state index >= 15 is 0 Å². The van der Waals surface area contributed by atoms with Crippen LogP contribution >= 0.6 is 0 Å². The number of piperazine rings is 1. The van der Waals surface area contributed by atoms with Crippen LogP contribution < -0.4 is 15.5 Å². The SMILES string of the molecule is Cc1cn2cc(NC(=O)c3ccc(N4C[C@@H](C)N[C@@H](C)C4)c4nc(C)c(C)nc34)cc(F)c2n1. The number of aryl methyl sites for hydroxylation is 3. The Balaban J connectivity index is 1.56. The van der Waals surface area contributed by atoms with Crippen molar-refractivity contribution < 1.29 is 9.18 Å². The lowest BCUT2D eigenvalue weighted by Crippen LogP contribution is -2.54. The summed E-state index contributed by atoms with van der Waals surface area (Å²) in [5, 5.41) is 6.37. The van der Waals surface area contributed by atoms with E-state index in [1.165, 1.54) is 6.07 Å². The molecule has 1 amide bonds. The van der Waals surface area contributed by atoms with Crippen molar-refractivity contribution in [2.24, 2.45) is 0 Å². The van der Waals surface area contributed by atoms with Crippen LogP contribution in [-0.2, 0) is 0 Å². The lowest BCUT2D eigenvalue weighted by atomic mass is 10.1. The van der Waals surface area contributed by atoms with Gasteiger partial charge >= 0.3 is 0 Å². The minimum absolute atomic E-state index is 0.224. The van der Waals surface area contributed by atoms with Gasteiger partial charge in [0, 0.05) is 43.6 Å². The largest absolute Gasteiger partial charge is 0.367 e. The van der Waals surface area contributed by atoms with Crippen LogP contribution in [0.2, 0.25) is 0 Å². The Morgan fingerprint density at radius 1 is 1.03 bits per heavy atom. The molecule has 8 nitrogen and oxygen atoms in total. The van der Waals surface area contributed by atoms with E-state index in [2.05, 4.69) is 34.4 Å². The number of hydrogen-bond donors (Lipinski definition) is 2. The summed E-state index contributed by atoms with van der Waals surface area (Å²) in [6.45, 7) is 11.6. The predicted molar refractivity (Wildman–Crippen MR) is 131 cm³/mol. The Morgan fingerprint density at radius 2 is 1.71 bits per heavy atom. The van der Waals surface area contributed by atoms with Gasteiger partial charge < -0.3 is 19.9 Å². The number of rotatable bonds is 3. The highest BCUT2D eigenvalue weighted by molar-refractivity contribution is 6.13. The molecule has 1 fully saturated rings. The van der Waals surface area contributed by atoms with Gasteiger partial charge in [0.05, 0.1) is 34.0 Å². The first-order chi connectivity index (χ1) is 16.2. The maximum atomic E-state index is 14.5. The molecule has 3 aromatic heterocycles. The summed E-state index contributed by atoms with van der Waals surface area (Å²) in [5.41, 5.74) is 5.44. The molecule has 4 aromatic rings. The second-order valence-electron chi connectivity index (χ2n) is 9.24. The minimum Gasteiger partial charge on any atom is -0.367 e. The third-order valence-electron chi connectivity index (χ3n) is 6.24. The van der Waals surface area contributed by atoms with E-state index in [1.54, 1.807) is 29.8 Å². The van der Waals surface area contributed by atoms with E-state index in [-0.39, 0.29) is 11.6 Å². The van der Waals surface area contributed by atoms with Gasteiger partial charge in [0.15, 0.2) is 11.5 Å². The summed E-state index contributed by atoms with van der Waals surface area (Å²) >= 11 is 0. The van der Waals surface area contributed by atoms with Gasteiger partial charge in [0.2, 0.25) is 0 Å². The molecule has 1 aromatic carbocycles. The molecule has 0 aliphatic carbocycles. The normalized spacial score (nSPS) is 18.6. The van der Waals surface area contributed by atoms with Crippen molar-refractivity contribution in [3.05, 3.63) is 59.1 Å². The van der Waals surface area contributed by atoms with Crippen LogP contribution in [0.1, 0.15) is 41.3 Å². The first-order valence-corrected chi connectivity index (χ1v) is 11.4. The fourth-order valence-electron chi connectivity index (χ4n) is 4.70. The minimum atomic E-state index is -0.501. The van der Waals surface area contributed by atoms with Crippen LogP contribution in [0.4, 0.5) is 15.8 Å². The van der Waals surface area contributed by atoms with Crippen molar-refractivity contribution in [2.45, 2.75) is 46.7 Å². The monoisotopic (exact) mass is 461 g/mol. The zero-order valence-electron chi connectivity index (χ0n) is 20.0. The lowest BCUT2D eigenvalue weighted by molar-refractivity contribution is 0.102. The molecule has 5 rings (SSSR count). The number of carbonyl (C=O) groups is 1. The highest BCUT2D eigenvalue weighted by Crippen LogP contribution is 2.30. The average Bonchev–Trinajstić information content (AvgIpc) is 3.14. The second kappa shape index (κ2) is 8.32. The molecule has 1 aliphatic rings. The molecule has 2 atom stereocenters. The highest BCUT2D eigenvalue weighted by atomic mass is 19.1. The molecule has 9 heteroatoms. The van der Waals surface area contributed by atoms with Gasteiger partial charge in [-0.15, -0.1) is 0 Å². The van der Waals surface area contributed by atoms with E-state index in [0.717, 1.165) is 30.2 Å². The molecular formula is C25H28FN7O. The molecule has 0 unspecified atom stereocenters. The maximum absolute atomic E-state index is 14.5. The second-order valence-corrected chi connectivity index (χ2v) is 9.24. The van der Waals surface area contributed by atoms with Crippen molar-refractivity contribution in [1.29, 1.82) is 0 Å².